The maximum Gasteiger partial charge on any atom is 0.254 e. The van der Waals surface area contributed by atoms with Crippen LogP contribution >= 0.6 is 15.9 Å². The number of benzene rings is 1. The van der Waals surface area contributed by atoms with Gasteiger partial charge in [0.25, 0.3) is 5.91 Å². The highest BCUT2D eigenvalue weighted by molar-refractivity contribution is 9.10. The van der Waals surface area contributed by atoms with Crippen molar-refractivity contribution in [2.24, 2.45) is 0 Å². The van der Waals surface area contributed by atoms with Gasteiger partial charge in [-0.15, -0.1) is 0 Å². The molecule has 100 valence electrons. The average molecular weight is 327 g/mol. The van der Waals surface area contributed by atoms with Crippen molar-refractivity contribution >= 4 is 21.8 Å². The molecule has 1 atom stereocenters. The summed E-state index contributed by atoms with van der Waals surface area (Å²) in [7, 11) is 0. The van der Waals surface area contributed by atoms with Crippen LogP contribution < -0.4 is 5.32 Å². The SMILES string of the molecule is Cc1cnc(C(C)NC(=O)c2cc(Br)ccc2F)o1. The Morgan fingerprint density at radius 2 is 2.26 bits per heavy atom. The fraction of sp³-hybridized carbons (Fsp3) is 0.231. The highest BCUT2D eigenvalue weighted by atomic mass is 79.9. The van der Waals surface area contributed by atoms with Crippen molar-refractivity contribution < 1.29 is 13.6 Å². The molecule has 1 N–H and O–H groups in total. The maximum absolute atomic E-state index is 13.6. The molecule has 0 bridgehead atoms. The standard InChI is InChI=1S/C13H12BrFN2O2/c1-7-6-16-13(19-7)8(2)17-12(18)10-5-9(14)3-4-11(10)15/h3-6,8H,1-2H3,(H,17,18). The van der Waals surface area contributed by atoms with E-state index >= 15 is 0 Å². The first-order valence-electron chi connectivity index (χ1n) is 5.65. The van der Waals surface area contributed by atoms with Gasteiger partial charge in [-0.2, -0.15) is 0 Å². The van der Waals surface area contributed by atoms with E-state index in [9.17, 15) is 9.18 Å². The summed E-state index contributed by atoms with van der Waals surface area (Å²) >= 11 is 3.20. The Hall–Kier alpha value is -1.69. The molecule has 0 aliphatic rings. The summed E-state index contributed by atoms with van der Waals surface area (Å²) in [5, 5.41) is 2.64. The maximum atomic E-state index is 13.6. The molecule has 1 unspecified atom stereocenters. The van der Waals surface area contributed by atoms with Gasteiger partial charge >= 0.3 is 0 Å². The van der Waals surface area contributed by atoms with Crippen LogP contribution in [-0.4, -0.2) is 10.9 Å². The van der Waals surface area contributed by atoms with Crippen LogP contribution in [0.15, 0.2) is 33.3 Å². The third-order valence-corrected chi connectivity index (χ3v) is 3.02. The smallest absolute Gasteiger partial charge is 0.254 e. The fourth-order valence-electron chi connectivity index (χ4n) is 1.58. The van der Waals surface area contributed by atoms with Crippen LogP contribution in [0.25, 0.3) is 0 Å². The summed E-state index contributed by atoms with van der Waals surface area (Å²) < 4.78 is 19.5. The number of hydrogen-bond donors (Lipinski definition) is 1. The Kier molecular flexibility index (Phi) is 3.99. The number of aromatic nitrogens is 1. The molecule has 0 saturated heterocycles. The molecule has 1 amide bonds. The van der Waals surface area contributed by atoms with Crippen molar-refractivity contribution in [3.8, 4) is 0 Å². The van der Waals surface area contributed by atoms with Crippen molar-refractivity contribution in [2.45, 2.75) is 19.9 Å². The van der Waals surface area contributed by atoms with Gasteiger partial charge in [-0.1, -0.05) is 15.9 Å². The van der Waals surface area contributed by atoms with Crippen LogP contribution in [-0.2, 0) is 0 Å². The number of halogens is 2. The molecule has 1 aromatic carbocycles. The number of carbonyl (C=O) groups excluding carboxylic acids is 1. The molecule has 1 aromatic heterocycles. The number of oxazole rings is 1. The van der Waals surface area contributed by atoms with Crippen LogP contribution in [0.2, 0.25) is 0 Å². The van der Waals surface area contributed by atoms with Crippen molar-refractivity contribution in [1.29, 1.82) is 0 Å². The molecular formula is C13H12BrFN2O2. The Balaban J connectivity index is 2.15. The topological polar surface area (TPSA) is 55.1 Å². The number of nitrogens with one attached hydrogen (secondary N) is 1. The highest BCUT2D eigenvalue weighted by Gasteiger charge is 2.18. The Labute approximate surface area is 118 Å². The predicted molar refractivity (Wildman–Crippen MR) is 71.2 cm³/mol. The Morgan fingerprint density at radius 1 is 1.53 bits per heavy atom. The summed E-state index contributed by atoms with van der Waals surface area (Å²) in [5.41, 5.74) is -0.0236. The molecular weight excluding hydrogens is 315 g/mol. The van der Waals surface area contributed by atoms with Crippen molar-refractivity contribution in [1.82, 2.24) is 10.3 Å². The average Bonchev–Trinajstić information content (AvgIpc) is 2.79. The number of aryl methyl sites for hydroxylation is 1. The lowest BCUT2D eigenvalue weighted by Crippen LogP contribution is -2.27. The minimum atomic E-state index is -0.573. The van der Waals surface area contributed by atoms with Gasteiger partial charge in [-0.25, -0.2) is 9.37 Å². The normalized spacial score (nSPS) is 12.2. The first kappa shape index (κ1) is 13.7. The van der Waals surface area contributed by atoms with Crippen molar-refractivity contribution in [2.75, 3.05) is 0 Å². The molecule has 0 radical (unpaired) electrons. The second-order valence-corrected chi connectivity index (χ2v) is 5.04. The van der Waals surface area contributed by atoms with Gasteiger partial charge in [-0.05, 0) is 32.0 Å². The monoisotopic (exact) mass is 326 g/mol. The predicted octanol–water partition coefficient (Wildman–Crippen LogP) is 3.38. The largest absolute Gasteiger partial charge is 0.444 e. The highest BCUT2D eigenvalue weighted by Crippen LogP contribution is 2.17. The lowest BCUT2D eigenvalue weighted by Gasteiger charge is -2.11. The van der Waals surface area contributed by atoms with Crippen molar-refractivity contribution in [3.05, 3.63) is 51.9 Å². The minimum Gasteiger partial charge on any atom is -0.444 e. The molecule has 0 spiro atoms. The zero-order valence-corrected chi connectivity index (χ0v) is 12.0. The van der Waals surface area contributed by atoms with E-state index in [1.807, 2.05) is 0 Å². The summed E-state index contributed by atoms with van der Waals surface area (Å²) in [6, 6.07) is 3.77. The molecule has 0 saturated carbocycles. The van der Waals surface area contributed by atoms with Crippen LogP contribution in [0, 0.1) is 12.7 Å². The van der Waals surface area contributed by atoms with E-state index in [0.29, 0.717) is 16.1 Å². The van der Waals surface area contributed by atoms with Crippen LogP contribution in [0.1, 0.15) is 35.0 Å². The number of nitrogens with zero attached hydrogens (tertiary/aromatic N) is 1. The summed E-state index contributed by atoms with van der Waals surface area (Å²) in [6.07, 6.45) is 1.57. The fourth-order valence-corrected chi connectivity index (χ4v) is 1.94. The Bertz CT molecular complexity index is 612. The summed E-state index contributed by atoms with van der Waals surface area (Å²) in [4.78, 5) is 16.0. The lowest BCUT2D eigenvalue weighted by molar-refractivity contribution is 0.0929. The quantitative estimate of drug-likeness (QED) is 0.940. The van der Waals surface area contributed by atoms with Crippen LogP contribution in [0.5, 0.6) is 0 Å². The van der Waals surface area contributed by atoms with E-state index in [2.05, 4.69) is 26.2 Å². The summed E-state index contributed by atoms with van der Waals surface area (Å²) in [5.74, 6) is -0.0374. The van der Waals surface area contributed by atoms with Gasteiger partial charge in [0.2, 0.25) is 5.89 Å². The van der Waals surface area contributed by atoms with Gasteiger partial charge in [0, 0.05) is 4.47 Å². The number of rotatable bonds is 3. The molecule has 19 heavy (non-hydrogen) atoms. The van der Waals surface area contributed by atoms with Gasteiger partial charge in [0.1, 0.15) is 17.6 Å². The van der Waals surface area contributed by atoms with Crippen molar-refractivity contribution in [3.63, 3.8) is 0 Å². The van der Waals surface area contributed by atoms with E-state index in [1.165, 1.54) is 18.2 Å². The van der Waals surface area contributed by atoms with Crippen LogP contribution in [0.3, 0.4) is 0 Å². The van der Waals surface area contributed by atoms with E-state index in [0.717, 1.165) is 0 Å². The molecule has 0 fully saturated rings. The van der Waals surface area contributed by atoms with Gasteiger partial charge < -0.3 is 9.73 Å². The van der Waals surface area contributed by atoms with Gasteiger partial charge in [-0.3, -0.25) is 4.79 Å². The molecule has 6 heteroatoms. The van der Waals surface area contributed by atoms with E-state index in [4.69, 9.17) is 4.42 Å². The number of amides is 1. The van der Waals surface area contributed by atoms with Gasteiger partial charge in [0.05, 0.1) is 11.8 Å². The first-order chi connectivity index (χ1) is 8.97. The molecule has 2 rings (SSSR count). The second-order valence-electron chi connectivity index (χ2n) is 4.13. The molecule has 2 aromatic rings. The molecule has 4 nitrogen and oxygen atoms in total. The first-order valence-corrected chi connectivity index (χ1v) is 6.45. The van der Waals surface area contributed by atoms with E-state index in [-0.39, 0.29) is 5.56 Å². The minimum absolute atomic E-state index is 0.0236. The molecule has 1 heterocycles. The molecule has 0 aliphatic carbocycles. The number of hydrogen-bond acceptors (Lipinski definition) is 3. The van der Waals surface area contributed by atoms with E-state index in [1.54, 1.807) is 20.0 Å². The third kappa shape index (κ3) is 3.20. The number of carbonyl (C=O) groups is 1. The second kappa shape index (κ2) is 5.52. The zero-order valence-electron chi connectivity index (χ0n) is 10.4. The third-order valence-electron chi connectivity index (χ3n) is 2.53. The Morgan fingerprint density at radius 3 is 2.89 bits per heavy atom. The van der Waals surface area contributed by atoms with Gasteiger partial charge in [0.15, 0.2) is 0 Å². The summed E-state index contributed by atoms with van der Waals surface area (Å²) in [6.45, 7) is 3.48. The zero-order chi connectivity index (χ0) is 14.0. The van der Waals surface area contributed by atoms with E-state index < -0.39 is 17.8 Å². The van der Waals surface area contributed by atoms with Crippen LogP contribution in [0.4, 0.5) is 4.39 Å². The molecule has 0 aliphatic heterocycles. The lowest BCUT2D eigenvalue weighted by atomic mass is 10.2.